The Morgan fingerprint density at radius 3 is 2.68 bits per heavy atom. The lowest BCUT2D eigenvalue weighted by atomic mass is 10.1. The number of amides is 1. The Kier molecular flexibility index (Phi) is 4.01. The summed E-state index contributed by atoms with van der Waals surface area (Å²) in [7, 11) is 0. The molecule has 0 radical (unpaired) electrons. The normalized spacial score (nSPS) is 14.1. The molecular formula is C13H16N2O4. The molecule has 6 heteroatoms. The van der Waals surface area contributed by atoms with Gasteiger partial charge in [0.25, 0.3) is 0 Å². The highest BCUT2D eigenvalue weighted by Gasteiger charge is 2.20. The third-order valence-corrected chi connectivity index (χ3v) is 2.92. The van der Waals surface area contributed by atoms with Crippen LogP contribution in [0.1, 0.15) is 23.2 Å². The maximum Gasteiger partial charge on any atom is 0.337 e. The van der Waals surface area contributed by atoms with Gasteiger partial charge < -0.3 is 20.8 Å². The predicted octanol–water partition coefficient (Wildman–Crippen LogP) is 1.03. The highest BCUT2D eigenvalue weighted by molar-refractivity contribution is 6.01. The van der Waals surface area contributed by atoms with Gasteiger partial charge in [-0.3, -0.25) is 4.79 Å². The number of carboxylic acids is 1. The Morgan fingerprint density at radius 1 is 1.32 bits per heavy atom. The Balaban J connectivity index is 1.93. The molecule has 102 valence electrons. The molecule has 6 nitrogen and oxygen atoms in total. The summed E-state index contributed by atoms with van der Waals surface area (Å²) in [6, 6.07) is 3.81. The average molecular weight is 264 g/mol. The van der Waals surface area contributed by atoms with Gasteiger partial charge in [-0.25, -0.2) is 4.79 Å². The quantitative estimate of drug-likeness (QED) is 0.575. The van der Waals surface area contributed by atoms with Gasteiger partial charge in [-0.15, -0.1) is 0 Å². The van der Waals surface area contributed by atoms with E-state index in [-0.39, 0.29) is 29.5 Å². The smallest absolute Gasteiger partial charge is 0.337 e. The molecular weight excluding hydrogens is 248 g/mol. The van der Waals surface area contributed by atoms with Crippen LogP contribution in [-0.2, 0) is 4.79 Å². The van der Waals surface area contributed by atoms with Crippen LogP contribution in [0.25, 0.3) is 0 Å². The minimum atomic E-state index is -1.20. The van der Waals surface area contributed by atoms with Crippen LogP contribution in [0.5, 0.6) is 5.75 Å². The van der Waals surface area contributed by atoms with Gasteiger partial charge in [0.1, 0.15) is 5.75 Å². The molecule has 0 aliphatic heterocycles. The third kappa shape index (κ3) is 3.96. The molecule has 2 rings (SSSR count). The fourth-order valence-corrected chi connectivity index (χ4v) is 1.72. The minimum Gasteiger partial charge on any atom is -0.508 e. The second kappa shape index (κ2) is 5.71. The van der Waals surface area contributed by atoms with E-state index in [1.165, 1.54) is 25.0 Å². The first-order valence-electron chi connectivity index (χ1n) is 6.13. The molecule has 1 aliphatic rings. The van der Waals surface area contributed by atoms with Gasteiger partial charge in [0.2, 0.25) is 5.91 Å². The maximum atomic E-state index is 11.6. The molecule has 0 heterocycles. The van der Waals surface area contributed by atoms with E-state index in [1.54, 1.807) is 0 Å². The standard InChI is InChI=1S/C13H16N2O4/c16-9-3-4-11(10(5-9)13(18)19)15-12(17)7-14-6-8-1-2-8/h3-5,8,14,16H,1-2,6-7H2,(H,15,17)(H,18,19). The first kappa shape index (κ1) is 13.4. The van der Waals surface area contributed by atoms with Crippen LogP contribution in [0, 0.1) is 5.92 Å². The SMILES string of the molecule is O=C(CNCC1CC1)Nc1ccc(O)cc1C(=O)O. The van der Waals surface area contributed by atoms with Crippen LogP contribution >= 0.6 is 0 Å². The number of phenols is 1. The monoisotopic (exact) mass is 264 g/mol. The summed E-state index contributed by atoms with van der Waals surface area (Å²) in [4.78, 5) is 22.6. The zero-order valence-corrected chi connectivity index (χ0v) is 10.3. The van der Waals surface area contributed by atoms with Crippen LogP contribution in [0.4, 0.5) is 5.69 Å². The van der Waals surface area contributed by atoms with Gasteiger partial charge in [0, 0.05) is 0 Å². The summed E-state index contributed by atoms with van der Waals surface area (Å²) in [5.74, 6) is -0.968. The Bertz CT molecular complexity index is 497. The van der Waals surface area contributed by atoms with Gasteiger partial charge in [0.15, 0.2) is 0 Å². The van der Waals surface area contributed by atoms with E-state index in [1.807, 2.05) is 0 Å². The summed E-state index contributed by atoms with van der Waals surface area (Å²) in [5, 5.41) is 23.8. The molecule has 0 spiro atoms. The topological polar surface area (TPSA) is 98.7 Å². The van der Waals surface area contributed by atoms with E-state index in [9.17, 15) is 14.7 Å². The highest BCUT2D eigenvalue weighted by Crippen LogP contribution is 2.27. The average Bonchev–Trinajstić information content (AvgIpc) is 3.15. The number of carbonyl (C=O) groups is 2. The summed E-state index contributed by atoms with van der Waals surface area (Å²) < 4.78 is 0. The molecule has 1 aromatic rings. The lowest BCUT2D eigenvalue weighted by molar-refractivity contribution is -0.115. The summed E-state index contributed by atoms with van der Waals surface area (Å²) in [5.41, 5.74) is 0.0547. The minimum absolute atomic E-state index is 0.129. The lowest BCUT2D eigenvalue weighted by Gasteiger charge is -2.09. The van der Waals surface area contributed by atoms with Crippen molar-refractivity contribution < 1.29 is 19.8 Å². The number of carboxylic acid groups (broad SMARTS) is 1. The Hall–Kier alpha value is -2.08. The first-order valence-corrected chi connectivity index (χ1v) is 6.13. The lowest BCUT2D eigenvalue weighted by Crippen LogP contribution is -2.29. The summed E-state index contributed by atoms with van der Waals surface area (Å²) >= 11 is 0. The van der Waals surface area contributed by atoms with Gasteiger partial charge in [-0.1, -0.05) is 0 Å². The molecule has 0 aromatic heterocycles. The second-order valence-electron chi connectivity index (χ2n) is 4.66. The number of rotatable bonds is 6. The largest absolute Gasteiger partial charge is 0.508 e. The van der Waals surface area contributed by atoms with Crippen LogP contribution < -0.4 is 10.6 Å². The van der Waals surface area contributed by atoms with Crippen molar-refractivity contribution in [2.24, 2.45) is 5.92 Å². The van der Waals surface area contributed by atoms with E-state index < -0.39 is 5.97 Å². The van der Waals surface area contributed by atoms with E-state index >= 15 is 0 Å². The fourth-order valence-electron chi connectivity index (χ4n) is 1.72. The summed E-state index contributed by atoms with van der Waals surface area (Å²) in [6.07, 6.45) is 2.41. The van der Waals surface area contributed by atoms with Crippen LogP contribution in [-0.4, -0.2) is 35.2 Å². The Morgan fingerprint density at radius 2 is 2.05 bits per heavy atom. The van der Waals surface area contributed by atoms with Crippen molar-refractivity contribution in [2.45, 2.75) is 12.8 Å². The maximum absolute atomic E-state index is 11.6. The summed E-state index contributed by atoms with van der Waals surface area (Å²) in [6.45, 7) is 0.964. The number of aromatic carboxylic acids is 1. The molecule has 0 bridgehead atoms. The number of hydrogen-bond acceptors (Lipinski definition) is 4. The van der Waals surface area contributed by atoms with E-state index in [2.05, 4.69) is 10.6 Å². The molecule has 19 heavy (non-hydrogen) atoms. The van der Waals surface area contributed by atoms with Crippen LogP contribution in [0.15, 0.2) is 18.2 Å². The van der Waals surface area contributed by atoms with Gasteiger partial charge in [-0.05, 0) is 43.5 Å². The Labute approximate surface area is 110 Å². The van der Waals surface area contributed by atoms with Crippen molar-refractivity contribution >= 4 is 17.6 Å². The zero-order chi connectivity index (χ0) is 13.8. The van der Waals surface area contributed by atoms with Crippen molar-refractivity contribution in [3.63, 3.8) is 0 Å². The first-order chi connectivity index (χ1) is 9.06. The van der Waals surface area contributed by atoms with E-state index in [0.29, 0.717) is 5.92 Å². The van der Waals surface area contributed by atoms with Gasteiger partial charge >= 0.3 is 5.97 Å². The number of phenolic OH excluding ortho intramolecular Hbond substituents is 1. The molecule has 0 saturated heterocycles. The third-order valence-electron chi connectivity index (χ3n) is 2.92. The van der Waals surface area contributed by atoms with Crippen LogP contribution in [0.2, 0.25) is 0 Å². The van der Waals surface area contributed by atoms with Crippen molar-refractivity contribution in [1.29, 1.82) is 0 Å². The number of hydrogen-bond donors (Lipinski definition) is 4. The number of nitrogens with one attached hydrogen (secondary N) is 2. The fraction of sp³-hybridized carbons (Fsp3) is 0.385. The molecule has 4 N–H and O–H groups in total. The van der Waals surface area contributed by atoms with Gasteiger partial charge in [-0.2, -0.15) is 0 Å². The second-order valence-corrected chi connectivity index (χ2v) is 4.66. The number of anilines is 1. The highest BCUT2D eigenvalue weighted by atomic mass is 16.4. The van der Waals surface area contributed by atoms with Gasteiger partial charge in [0.05, 0.1) is 17.8 Å². The molecule has 1 aromatic carbocycles. The molecule has 0 unspecified atom stereocenters. The number of benzene rings is 1. The van der Waals surface area contributed by atoms with Crippen molar-refractivity contribution in [3.8, 4) is 5.75 Å². The number of carbonyl (C=O) groups excluding carboxylic acids is 1. The molecule has 1 saturated carbocycles. The molecule has 1 aliphatic carbocycles. The molecule has 0 atom stereocenters. The zero-order valence-electron chi connectivity index (χ0n) is 10.3. The van der Waals surface area contributed by atoms with Crippen molar-refractivity contribution in [1.82, 2.24) is 5.32 Å². The van der Waals surface area contributed by atoms with E-state index in [0.717, 1.165) is 12.6 Å². The van der Waals surface area contributed by atoms with E-state index in [4.69, 9.17) is 5.11 Å². The van der Waals surface area contributed by atoms with Crippen molar-refractivity contribution in [2.75, 3.05) is 18.4 Å². The predicted molar refractivity (Wildman–Crippen MR) is 69.3 cm³/mol. The number of aromatic hydroxyl groups is 1. The molecule has 1 fully saturated rings. The van der Waals surface area contributed by atoms with Crippen LogP contribution in [0.3, 0.4) is 0 Å². The molecule has 1 amide bonds. The van der Waals surface area contributed by atoms with Crippen molar-refractivity contribution in [3.05, 3.63) is 23.8 Å².